The molecule has 1 aromatic heterocycles. The van der Waals surface area contributed by atoms with E-state index < -0.39 is 5.79 Å². The quantitative estimate of drug-likeness (QED) is 0.811. The Hall–Kier alpha value is -2.05. The molecule has 1 saturated carbocycles. The first kappa shape index (κ1) is 13.6. The van der Waals surface area contributed by atoms with Gasteiger partial charge in [-0.2, -0.15) is 0 Å². The van der Waals surface area contributed by atoms with Crippen LogP contribution in [0.15, 0.2) is 41.5 Å². The van der Waals surface area contributed by atoms with Crippen molar-refractivity contribution in [3.63, 3.8) is 0 Å². The fourth-order valence-electron chi connectivity index (χ4n) is 2.98. The molecule has 1 aromatic carbocycles. The molecule has 2 heterocycles. The van der Waals surface area contributed by atoms with Crippen molar-refractivity contribution in [2.75, 3.05) is 13.3 Å². The lowest BCUT2D eigenvalue weighted by Gasteiger charge is -2.26. The summed E-state index contributed by atoms with van der Waals surface area (Å²) >= 11 is 0. The highest BCUT2D eigenvalue weighted by Crippen LogP contribution is 2.35. The molecule has 6 nitrogen and oxygen atoms in total. The SMILES string of the molecule is c1ccc(-c2cn(C3=NCOC4(CCCC4)OC3)nn2)cc1. The second-order valence-electron chi connectivity index (χ2n) is 5.67. The Bertz CT molecular complexity index is 674. The van der Waals surface area contributed by atoms with Crippen molar-refractivity contribution >= 4 is 5.84 Å². The standard InChI is InChI=1S/C16H18N4O2/c1-2-6-13(7-3-1)14-10-20(19-18-14)15-11-21-16(22-12-17-15)8-4-5-9-16/h1-3,6-7,10H,4-5,8-9,11-12H2. The zero-order chi connectivity index (χ0) is 14.8. The Morgan fingerprint density at radius 2 is 1.86 bits per heavy atom. The first-order valence-corrected chi connectivity index (χ1v) is 7.64. The molecule has 0 N–H and O–H groups in total. The van der Waals surface area contributed by atoms with E-state index in [1.54, 1.807) is 4.68 Å². The summed E-state index contributed by atoms with van der Waals surface area (Å²) in [5.41, 5.74) is 1.86. The van der Waals surface area contributed by atoms with E-state index in [0.717, 1.165) is 42.8 Å². The summed E-state index contributed by atoms with van der Waals surface area (Å²) in [5.74, 6) is 0.298. The van der Waals surface area contributed by atoms with Gasteiger partial charge < -0.3 is 9.47 Å². The van der Waals surface area contributed by atoms with Gasteiger partial charge in [0.05, 0.1) is 6.20 Å². The molecule has 1 aliphatic carbocycles. The molecule has 1 spiro atoms. The largest absolute Gasteiger partial charge is 0.342 e. The smallest absolute Gasteiger partial charge is 0.171 e. The van der Waals surface area contributed by atoms with Crippen LogP contribution in [0.4, 0.5) is 0 Å². The Labute approximate surface area is 128 Å². The van der Waals surface area contributed by atoms with Gasteiger partial charge in [-0.25, -0.2) is 9.67 Å². The highest BCUT2D eigenvalue weighted by atomic mass is 16.7. The fraction of sp³-hybridized carbons (Fsp3) is 0.438. The number of hydrogen-bond donors (Lipinski definition) is 0. The van der Waals surface area contributed by atoms with Crippen LogP contribution in [-0.4, -0.2) is 40.0 Å². The average Bonchev–Trinajstić information content (AvgIpc) is 3.17. The highest BCUT2D eigenvalue weighted by Gasteiger charge is 2.37. The molecule has 0 saturated heterocycles. The molecule has 6 heteroatoms. The van der Waals surface area contributed by atoms with Crippen molar-refractivity contribution in [2.24, 2.45) is 4.99 Å². The Morgan fingerprint density at radius 1 is 1.05 bits per heavy atom. The Morgan fingerprint density at radius 3 is 2.68 bits per heavy atom. The van der Waals surface area contributed by atoms with Crippen molar-refractivity contribution in [1.82, 2.24) is 15.0 Å². The minimum absolute atomic E-state index is 0.315. The van der Waals surface area contributed by atoms with Gasteiger partial charge >= 0.3 is 0 Å². The third-order valence-electron chi connectivity index (χ3n) is 4.23. The number of aliphatic imine (C=N–C) groups is 1. The molecule has 4 rings (SSSR count). The maximum absolute atomic E-state index is 5.99. The first-order chi connectivity index (χ1) is 10.8. The second kappa shape index (κ2) is 5.62. The Balaban J connectivity index is 1.53. The second-order valence-corrected chi connectivity index (χ2v) is 5.67. The number of aromatic nitrogens is 3. The summed E-state index contributed by atoms with van der Waals surface area (Å²) in [6.07, 6.45) is 6.07. The van der Waals surface area contributed by atoms with E-state index in [2.05, 4.69) is 15.3 Å². The van der Waals surface area contributed by atoms with E-state index in [9.17, 15) is 0 Å². The van der Waals surface area contributed by atoms with E-state index in [1.165, 1.54) is 0 Å². The molecular weight excluding hydrogens is 280 g/mol. The maximum atomic E-state index is 5.99. The van der Waals surface area contributed by atoms with E-state index in [0.29, 0.717) is 13.3 Å². The number of nitrogens with zero attached hydrogens (tertiary/aromatic N) is 4. The minimum Gasteiger partial charge on any atom is -0.342 e. The molecule has 22 heavy (non-hydrogen) atoms. The minimum atomic E-state index is -0.436. The number of ether oxygens (including phenoxy) is 2. The van der Waals surface area contributed by atoms with Crippen molar-refractivity contribution in [3.8, 4) is 11.3 Å². The third kappa shape index (κ3) is 2.55. The number of rotatable bonds is 1. The lowest BCUT2D eigenvalue weighted by atomic mass is 10.2. The van der Waals surface area contributed by atoms with Crippen molar-refractivity contribution < 1.29 is 9.47 Å². The molecule has 1 aliphatic heterocycles. The zero-order valence-electron chi connectivity index (χ0n) is 12.3. The van der Waals surface area contributed by atoms with Gasteiger partial charge in [-0.05, 0) is 12.8 Å². The maximum Gasteiger partial charge on any atom is 0.171 e. The van der Waals surface area contributed by atoms with Gasteiger partial charge in [0.15, 0.2) is 11.6 Å². The van der Waals surface area contributed by atoms with Crippen LogP contribution in [0.1, 0.15) is 25.7 Å². The summed E-state index contributed by atoms with van der Waals surface area (Å²) in [4.78, 5) is 4.45. The van der Waals surface area contributed by atoms with Crippen LogP contribution >= 0.6 is 0 Å². The van der Waals surface area contributed by atoms with Gasteiger partial charge in [-0.3, -0.25) is 0 Å². The normalized spacial score (nSPS) is 20.8. The summed E-state index contributed by atoms with van der Waals surface area (Å²) in [6.45, 7) is 0.716. The van der Waals surface area contributed by atoms with Crippen LogP contribution in [-0.2, 0) is 9.47 Å². The van der Waals surface area contributed by atoms with Gasteiger partial charge in [0, 0.05) is 18.4 Å². The summed E-state index contributed by atoms with van der Waals surface area (Å²) in [7, 11) is 0. The molecule has 0 unspecified atom stereocenters. The van der Waals surface area contributed by atoms with Crippen LogP contribution in [0.2, 0.25) is 0 Å². The highest BCUT2D eigenvalue weighted by molar-refractivity contribution is 5.85. The zero-order valence-corrected chi connectivity index (χ0v) is 12.3. The lowest BCUT2D eigenvalue weighted by molar-refractivity contribution is -0.218. The monoisotopic (exact) mass is 298 g/mol. The summed E-state index contributed by atoms with van der Waals surface area (Å²) in [6, 6.07) is 9.97. The third-order valence-corrected chi connectivity index (χ3v) is 4.23. The topological polar surface area (TPSA) is 61.5 Å². The molecule has 2 aliphatic rings. The van der Waals surface area contributed by atoms with Gasteiger partial charge in [0.2, 0.25) is 0 Å². The molecule has 114 valence electrons. The van der Waals surface area contributed by atoms with Crippen LogP contribution < -0.4 is 0 Å². The van der Waals surface area contributed by atoms with Crippen molar-refractivity contribution in [3.05, 3.63) is 36.5 Å². The van der Waals surface area contributed by atoms with Crippen LogP contribution in [0, 0.1) is 0 Å². The van der Waals surface area contributed by atoms with Gasteiger partial charge in [0.25, 0.3) is 0 Å². The molecule has 0 amide bonds. The van der Waals surface area contributed by atoms with Gasteiger partial charge in [-0.1, -0.05) is 35.5 Å². The van der Waals surface area contributed by atoms with Gasteiger partial charge in [-0.15, -0.1) is 5.10 Å². The fourth-order valence-corrected chi connectivity index (χ4v) is 2.98. The van der Waals surface area contributed by atoms with E-state index in [-0.39, 0.29) is 0 Å². The molecular formula is C16H18N4O2. The van der Waals surface area contributed by atoms with E-state index >= 15 is 0 Å². The average molecular weight is 298 g/mol. The molecule has 2 aromatic rings. The van der Waals surface area contributed by atoms with E-state index in [1.807, 2.05) is 36.5 Å². The number of benzene rings is 1. The predicted molar refractivity (Wildman–Crippen MR) is 81.4 cm³/mol. The van der Waals surface area contributed by atoms with Crippen molar-refractivity contribution in [1.29, 1.82) is 0 Å². The molecule has 1 fully saturated rings. The van der Waals surface area contributed by atoms with Gasteiger partial charge in [0.1, 0.15) is 19.0 Å². The Kier molecular flexibility index (Phi) is 3.48. The summed E-state index contributed by atoms with van der Waals surface area (Å²) in [5, 5.41) is 8.39. The van der Waals surface area contributed by atoms with Crippen LogP contribution in [0.25, 0.3) is 11.3 Å². The van der Waals surface area contributed by atoms with E-state index in [4.69, 9.17) is 9.47 Å². The lowest BCUT2D eigenvalue weighted by Crippen LogP contribution is -2.33. The van der Waals surface area contributed by atoms with Crippen molar-refractivity contribution in [2.45, 2.75) is 31.5 Å². The van der Waals surface area contributed by atoms with Crippen LogP contribution in [0.5, 0.6) is 0 Å². The molecule has 0 atom stereocenters. The molecule has 0 radical (unpaired) electrons. The van der Waals surface area contributed by atoms with Crippen LogP contribution in [0.3, 0.4) is 0 Å². The number of hydrogen-bond acceptors (Lipinski definition) is 5. The summed E-state index contributed by atoms with van der Waals surface area (Å²) < 4.78 is 13.5. The predicted octanol–water partition coefficient (Wildman–Crippen LogP) is 2.47. The molecule has 0 bridgehead atoms. The first-order valence-electron chi connectivity index (χ1n) is 7.64.